The quantitative estimate of drug-likeness (QED) is 0.712. The van der Waals surface area contributed by atoms with Gasteiger partial charge in [-0.1, -0.05) is 0 Å². The third kappa shape index (κ3) is 2.16. The van der Waals surface area contributed by atoms with Crippen LogP contribution in [0.15, 0.2) is 44.2 Å². The Labute approximate surface area is 114 Å². The minimum atomic E-state index is -0.481. The van der Waals surface area contributed by atoms with Gasteiger partial charge in [0.2, 0.25) is 0 Å². The number of hydrogen-bond donors (Lipinski definition) is 2. The van der Waals surface area contributed by atoms with Gasteiger partial charge in [0.15, 0.2) is 5.58 Å². The van der Waals surface area contributed by atoms with Gasteiger partial charge in [-0.2, -0.15) is 0 Å². The number of furan rings is 1. The van der Waals surface area contributed by atoms with E-state index < -0.39 is 5.76 Å². The molecule has 20 heavy (non-hydrogen) atoms. The lowest BCUT2D eigenvalue weighted by Gasteiger charge is -2.23. The molecule has 2 aromatic heterocycles. The van der Waals surface area contributed by atoms with E-state index in [1.54, 1.807) is 12.3 Å². The van der Waals surface area contributed by atoms with Crippen molar-refractivity contribution in [1.82, 2.24) is 4.98 Å². The maximum atomic E-state index is 11.2. The van der Waals surface area contributed by atoms with Crippen LogP contribution < -0.4 is 16.4 Å². The number of H-pyrrole nitrogens is 1. The third-order valence-corrected chi connectivity index (χ3v) is 3.22. The minimum absolute atomic E-state index is 0.463. The summed E-state index contributed by atoms with van der Waals surface area (Å²) in [6.07, 6.45) is 1.64. The van der Waals surface area contributed by atoms with Crippen molar-refractivity contribution in [3.63, 3.8) is 0 Å². The molecule has 6 heteroatoms. The molecule has 0 aliphatic rings. The molecule has 2 heterocycles. The zero-order valence-electron chi connectivity index (χ0n) is 11.1. The van der Waals surface area contributed by atoms with Crippen molar-refractivity contribution < 1.29 is 8.83 Å². The monoisotopic (exact) mass is 273 g/mol. The lowest BCUT2D eigenvalue weighted by Crippen LogP contribution is -2.22. The summed E-state index contributed by atoms with van der Waals surface area (Å²) in [5.41, 5.74) is 8.56. The first-order valence-corrected chi connectivity index (χ1v) is 6.37. The molecular weight excluding hydrogens is 258 g/mol. The Hall–Kier alpha value is -2.63. The molecule has 0 saturated carbocycles. The fourth-order valence-corrected chi connectivity index (χ4v) is 2.23. The van der Waals surface area contributed by atoms with E-state index in [2.05, 4.69) is 9.88 Å². The first-order chi connectivity index (χ1) is 9.67. The van der Waals surface area contributed by atoms with E-state index in [9.17, 15) is 4.79 Å². The average molecular weight is 273 g/mol. The zero-order chi connectivity index (χ0) is 14.1. The van der Waals surface area contributed by atoms with Crippen molar-refractivity contribution in [1.29, 1.82) is 0 Å². The summed E-state index contributed by atoms with van der Waals surface area (Å²) < 4.78 is 10.4. The van der Waals surface area contributed by atoms with Gasteiger partial charge in [-0.25, -0.2) is 4.79 Å². The Balaban J connectivity index is 2.01. The smallest absolute Gasteiger partial charge is 0.417 e. The first kappa shape index (κ1) is 12.4. The second kappa shape index (κ2) is 4.80. The fourth-order valence-electron chi connectivity index (χ4n) is 2.23. The van der Waals surface area contributed by atoms with Crippen molar-refractivity contribution in [3.05, 3.63) is 46.8 Å². The van der Waals surface area contributed by atoms with E-state index >= 15 is 0 Å². The maximum absolute atomic E-state index is 11.2. The summed E-state index contributed by atoms with van der Waals surface area (Å²) in [4.78, 5) is 15.9. The maximum Gasteiger partial charge on any atom is 0.417 e. The largest absolute Gasteiger partial charge is 0.467 e. The van der Waals surface area contributed by atoms with Crippen LogP contribution in [0.5, 0.6) is 0 Å². The highest BCUT2D eigenvalue weighted by Crippen LogP contribution is 2.29. The molecule has 0 amide bonds. The number of nitrogens with zero attached hydrogens (tertiary/aromatic N) is 1. The minimum Gasteiger partial charge on any atom is -0.467 e. The third-order valence-electron chi connectivity index (χ3n) is 3.22. The van der Waals surface area contributed by atoms with Gasteiger partial charge >= 0.3 is 5.76 Å². The summed E-state index contributed by atoms with van der Waals surface area (Å²) in [6, 6.07) is 7.25. The number of oxazole rings is 1. The second-order valence-corrected chi connectivity index (χ2v) is 4.52. The Bertz CT molecular complexity index is 771. The van der Waals surface area contributed by atoms with Crippen LogP contribution in [0, 0.1) is 0 Å². The van der Waals surface area contributed by atoms with Crippen LogP contribution in [-0.2, 0) is 6.54 Å². The number of rotatable bonds is 4. The second-order valence-electron chi connectivity index (χ2n) is 4.52. The molecule has 1 aromatic carbocycles. The van der Waals surface area contributed by atoms with Crippen molar-refractivity contribution in [2.45, 2.75) is 13.5 Å². The average Bonchev–Trinajstić information content (AvgIpc) is 3.03. The van der Waals surface area contributed by atoms with Crippen LogP contribution in [-0.4, -0.2) is 11.5 Å². The fraction of sp³-hybridized carbons (Fsp3) is 0.214. The van der Waals surface area contributed by atoms with Gasteiger partial charge in [-0.05, 0) is 25.1 Å². The molecule has 6 nitrogen and oxygen atoms in total. The number of fused-ring (bicyclic) bond motifs is 1. The molecule has 3 N–H and O–H groups in total. The van der Waals surface area contributed by atoms with E-state index in [1.807, 2.05) is 25.1 Å². The lowest BCUT2D eigenvalue weighted by atomic mass is 10.2. The van der Waals surface area contributed by atoms with Crippen LogP contribution in [0.4, 0.5) is 11.4 Å². The normalized spacial score (nSPS) is 11.1. The van der Waals surface area contributed by atoms with Crippen molar-refractivity contribution >= 4 is 22.5 Å². The Morgan fingerprint density at radius 3 is 2.95 bits per heavy atom. The Morgan fingerprint density at radius 2 is 2.25 bits per heavy atom. The van der Waals surface area contributed by atoms with Crippen molar-refractivity contribution in [2.75, 3.05) is 17.2 Å². The van der Waals surface area contributed by atoms with Gasteiger partial charge in [-0.3, -0.25) is 4.98 Å². The highest BCUT2D eigenvalue weighted by molar-refractivity contribution is 5.85. The number of nitrogens with one attached hydrogen (secondary N) is 1. The van der Waals surface area contributed by atoms with Gasteiger partial charge in [-0.15, -0.1) is 0 Å². The SMILES string of the molecule is CCN(Cc1ccco1)c1cc2[nH]c(=O)oc2cc1N. The molecule has 0 bridgehead atoms. The number of hydrogen-bond acceptors (Lipinski definition) is 5. The Morgan fingerprint density at radius 1 is 1.40 bits per heavy atom. The topological polar surface area (TPSA) is 88.4 Å². The first-order valence-electron chi connectivity index (χ1n) is 6.37. The molecule has 0 aliphatic carbocycles. The molecule has 0 spiro atoms. The number of aromatic nitrogens is 1. The van der Waals surface area contributed by atoms with Gasteiger partial charge in [0.05, 0.1) is 29.7 Å². The molecule has 0 radical (unpaired) electrons. The number of nitrogen functional groups attached to an aromatic ring is 1. The zero-order valence-corrected chi connectivity index (χ0v) is 11.1. The van der Waals surface area contributed by atoms with Crippen LogP contribution in [0.1, 0.15) is 12.7 Å². The molecule has 0 aliphatic heterocycles. The number of benzene rings is 1. The molecule has 104 valence electrons. The highest BCUT2D eigenvalue weighted by atomic mass is 16.4. The molecule has 0 unspecified atom stereocenters. The number of aromatic amines is 1. The molecule has 0 saturated heterocycles. The number of anilines is 2. The predicted molar refractivity (Wildman–Crippen MR) is 76.7 cm³/mol. The van der Waals surface area contributed by atoms with Crippen LogP contribution in [0.3, 0.4) is 0 Å². The molecule has 0 atom stereocenters. The summed E-state index contributed by atoms with van der Waals surface area (Å²) in [5.74, 6) is 0.373. The summed E-state index contributed by atoms with van der Waals surface area (Å²) in [5, 5.41) is 0. The summed E-state index contributed by atoms with van der Waals surface area (Å²) in [7, 11) is 0. The summed E-state index contributed by atoms with van der Waals surface area (Å²) in [6.45, 7) is 3.41. The van der Waals surface area contributed by atoms with Crippen LogP contribution >= 0.6 is 0 Å². The van der Waals surface area contributed by atoms with Crippen LogP contribution in [0.25, 0.3) is 11.1 Å². The predicted octanol–water partition coefficient (Wildman–Crippen LogP) is 2.32. The highest BCUT2D eigenvalue weighted by Gasteiger charge is 2.13. The van der Waals surface area contributed by atoms with E-state index in [1.165, 1.54) is 0 Å². The van der Waals surface area contributed by atoms with Crippen molar-refractivity contribution in [3.8, 4) is 0 Å². The van der Waals surface area contributed by atoms with E-state index in [4.69, 9.17) is 14.6 Å². The van der Waals surface area contributed by atoms with Gasteiger partial charge in [0.1, 0.15) is 5.76 Å². The number of nitrogens with two attached hydrogens (primary N) is 1. The van der Waals surface area contributed by atoms with Gasteiger partial charge in [0, 0.05) is 12.6 Å². The summed E-state index contributed by atoms with van der Waals surface area (Å²) >= 11 is 0. The Kier molecular flexibility index (Phi) is 2.98. The van der Waals surface area contributed by atoms with Gasteiger partial charge < -0.3 is 19.5 Å². The van der Waals surface area contributed by atoms with Gasteiger partial charge in [0.25, 0.3) is 0 Å². The standard InChI is InChI=1S/C14H15N3O3/c1-2-17(8-9-4-3-5-19-9)12-7-11-13(6-10(12)15)20-14(18)16-11/h3-7H,2,8,15H2,1H3,(H,16,18). The molecule has 3 aromatic rings. The lowest BCUT2D eigenvalue weighted by molar-refractivity contribution is 0.504. The van der Waals surface area contributed by atoms with Crippen LogP contribution in [0.2, 0.25) is 0 Å². The molecule has 0 fully saturated rings. The molecule has 3 rings (SSSR count). The van der Waals surface area contributed by atoms with E-state index in [0.29, 0.717) is 23.3 Å². The van der Waals surface area contributed by atoms with E-state index in [-0.39, 0.29) is 0 Å². The molecular formula is C14H15N3O3. The van der Waals surface area contributed by atoms with Crippen molar-refractivity contribution in [2.24, 2.45) is 0 Å². The van der Waals surface area contributed by atoms with E-state index in [0.717, 1.165) is 18.0 Å².